The molecule has 4 heterocycles. The Kier molecular flexibility index (Phi) is 7.32. The lowest BCUT2D eigenvalue weighted by molar-refractivity contribution is -0.137. The van der Waals surface area contributed by atoms with Crippen LogP contribution < -0.4 is 15.2 Å². The quantitative estimate of drug-likeness (QED) is 0.227. The monoisotopic (exact) mass is 620 g/mol. The Morgan fingerprint density at radius 1 is 1.21 bits per heavy atom. The summed E-state index contributed by atoms with van der Waals surface area (Å²) >= 11 is 0.738. The van der Waals surface area contributed by atoms with Gasteiger partial charge in [-0.15, -0.1) is 0 Å². The maximum Gasteiger partial charge on any atom is 0.417 e. The van der Waals surface area contributed by atoms with Crippen molar-refractivity contribution in [2.45, 2.75) is 31.2 Å². The maximum atomic E-state index is 16.5. The third-order valence-corrected chi connectivity index (χ3v) is 8.54. The smallest absolute Gasteiger partial charge is 0.417 e. The summed E-state index contributed by atoms with van der Waals surface area (Å²) in [5, 5.41) is -0.435. The van der Waals surface area contributed by atoms with E-state index in [1.165, 1.54) is 4.90 Å². The summed E-state index contributed by atoms with van der Waals surface area (Å²) in [4.78, 5) is 27.8. The second kappa shape index (κ2) is 10.9. The molecule has 0 spiro atoms. The Morgan fingerprint density at radius 3 is 2.65 bits per heavy atom. The normalized spacial score (nSPS) is 17.9. The van der Waals surface area contributed by atoms with E-state index < -0.39 is 40.6 Å². The van der Waals surface area contributed by atoms with Crippen LogP contribution in [0.4, 0.5) is 27.1 Å². The second-order valence-electron chi connectivity index (χ2n) is 10.4. The molecule has 2 aromatic heterocycles. The van der Waals surface area contributed by atoms with Gasteiger partial charge in [-0.1, -0.05) is 17.9 Å². The van der Waals surface area contributed by atoms with Crippen LogP contribution in [-0.2, 0) is 11.0 Å². The molecule has 15 heteroatoms. The van der Waals surface area contributed by atoms with Crippen molar-refractivity contribution in [2.75, 3.05) is 39.0 Å². The van der Waals surface area contributed by atoms with Gasteiger partial charge in [-0.3, -0.25) is 4.79 Å². The van der Waals surface area contributed by atoms with E-state index in [9.17, 15) is 22.4 Å². The summed E-state index contributed by atoms with van der Waals surface area (Å²) in [7, 11) is 1.93. The number of nitrogens with two attached hydrogens (primary N) is 1. The summed E-state index contributed by atoms with van der Waals surface area (Å²) in [6.07, 6.45) is -2.71. The van der Waals surface area contributed by atoms with Crippen LogP contribution in [0.25, 0.3) is 32.2 Å². The number of nitrogens with zero attached hydrogens (tertiary/aromatic N) is 5. The van der Waals surface area contributed by atoms with Crippen LogP contribution in [0.3, 0.4) is 0 Å². The second-order valence-corrected chi connectivity index (χ2v) is 11.4. The Hall–Kier alpha value is -4.11. The molecule has 2 aromatic carbocycles. The zero-order valence-corrected chi connectivity index (χ0v) is 23.6. The van der Waals surface area contributed by atoms with Gasteiger partial charge in [0.2, 0.25) is 11.8 Å². The molecule has 6 rings (SSSR count). The van der Waals surface area contributed by atoms with E-state index in [2.05, 4.69) is 26.4 Å². The Morgan fingerprint density at radius 2 is 1.98 bits per heavy atom. The highest BCUT2D eigenvalue weighted by Crippen LogP contribution is 2.46. The number of anilines is 1. The van der Waals surface area contributed by atoms with Gasteiger partial charge >= 0.3 is 12.2 Å². The van der Waals surface area contributed by atoms with Gasteiger partial charge in [-0.25, -0.2) is 13.8 Å². The van der Waals surface area contributed by atoms with Gasteiger partial charge in [-0.2, -0.15) is 23.1 Å². The molecule has 2 N–H and O–H groups in total. The van der Waals surface area contributed by atoms with Gasteiger partial charge in [0.25, 0.3) is 0 Å². The number of thiazole rings is 1. The van der Waals surface area contributed by atoms with Crippen molar-refractivity contribution in [1.29, 1.82) is 0 Å². The summed E-state index contributed by atoms with van der Waals surface area (Å²) in [5.74, 6) is -2.75. The molecule has 2 saturated heterocycles. The van der Waals surface area contributed by atoms with E-state index in [0.29, 0.717) is 6.07 Å². The lowest BCUT2D eigenvalue weighted by Gasteiger charge is -2.38. The Labute approximate surface area is 245 Å². The number of benzene rings is 2. The summed E-state index contributed by atoms with van der Waals surface area (Å²) in [6.45, 7) is 4.73. The van der Waals surface area contributed by atoms with Crippen molar-refractivity contribution < 1.29 is 36.2 Å². The molecular formula is C28H25F5N6O3S. The number of likely N-dealkylation sites (tertiary alicyclic amines) is 2. The van der Waals surface area contributed by atoms with Crippen molar-refractivity contribution in [3.05, 3.63) is 48.1 Å². The van der Waals surface area contributed by atoms with Crippen molar-refractivity contribution >= 4 is 43.5 Å². The number of hydrogen-bond acceptors (Lipinski definition) is 9. The van der Waals surface area contributed by atoms with Crippen molar-refractivity contribution in [1.82, 2.24) is 24.8 Å². The van der Waals surface area contributed by atoms with Crippen molar-refractivity contribution in [2.24, 2.45) is 0 Å². The van der Waals surface area contributed by atoms with Crippen LogP contribution in [0.1, 0.15) is 18.4 Å². The molecule has 1 amide bonds. The number of halogens is 5. The standard InChI is InChI=1S/C28H25F5N6O3S/c1-3-19(40)39-10-14(11-39)42-25-16-9-17(28(31,32)33)20(15-6-7-18(29)24-23(15)35-26(34)43-24)21(30)22(16)36-27(37-25)41-12-13-5-4-8-38(13)2/h3,6-7,9,13-14H,1,4-5,8,10-12H2,2H3,(H2,34,35). The number of hydrogen-bond donors (Lipinski definition) is 1. The minimum Gasteiger partial charge on any atom is -0.470 e. The fraction of sp³-hybridized carbons (Fsp3) is 0.357. The third kappa shape index (κ3) is 5.31. The van der Waals surface area contributed by atoms with E-state index in [1.807, 2.05) is 7.05 Å². The summed E-state index contributed by atoms with van der Waals surface area (Å²) < 4.78 is 86.2. The highest BCUT2D eigenvalue weighted by molar-refractivity contribution is 7.22. The first-order chi connectivity index (χ1) is 20.4. The van der Waals surface area contributed by atoms with Gasteiger partial charge in [0.15, 0.2) is 10.9 Å². The first kappa shape index (κ1) is 29.0. The van der Waals surface area contributed by atoms with E-state index in [4.69, 9.17) is 15.2 Å². The minimum atomic E-state index is -5.05. The van der Waals surface area contributed by atoms with Crippen molar-refractivity contribution in [3.63, 3.8) is 0 Å². The molecule has 0 aliphatic carbocycles. The third-order valence-electron chi connectivity index (χ3n) is 7.65. The lowest BCUT2D eigenvalue weighted by atomic mass is 9.95. The summed E-state index contributed by atoms with van der Waals surface area (Å²) in [5.41, 5.74) is 2.51. The molecule has 1 unspecified atom stereocenters. The van der Waals surface area contributed by atoms with Gasteiger partial charge in [0, 0.05) is 17.2 Å². The number of alkyl halides is 3. The number of nitrogen functional groups attached to an aromatic ring is 1. The van der Waals surface area contributed by atoms with Gasteiger partial charge < -0.3 is 25.0 Å². The lowest BCUT2D eigenvalue weighted by Crippen LogP contribution is -2.55. The predicted molar refractivity (Wildman–Crippen MR) is 150 cm³/mol. The van der Waals surface area contributed by atoms with Crippen LogP contribution in [0.5, 0.6) is 11.9 Å². The molecule has 0 bridgehead atoms. The minimum absolute atomic E-state index is 0.0457. The fourth-order valence-electron chi connectivity index (χ4n) is 5.36. The van der Waals surface area contributed by atoms with E-state index in [0.717, 1.165) is 48.9 Å². The molecule has 2 aliphatic heterocycles. The van der Waals surface area contributed by atoms with Gasteiger partial charge in [0.05, 0.1) is 34.3 Å². The van der Waals surface area contributed by atoms with E-state index in [1.54, 1.807) is 0 Å². The largest absolute Gasteiger partial charge is 0.470 e. The number of aromatic nitrogens is 3. The number of fused-ring (bicyclic) bond motifs is 2. The highest BCUT2D eigenvalue weighted by Gasteiger charge is 2.39. The highest BCUT2D eigenvalue weighted by atomic mass is 32.1. The topological polar surface area (TPSA) is 107 Å². The molecule has 4 aromatic rings. The zero-order chi connectivity index (χ0) is 30.6. The molecule has 2 fully saturated rings. The molecule has 226 valence electrons. The number of rotatable bonds is 7. The Balaban J connectivity index is 1.51. The molecule has 9 nitrogen and oxygen atoms in total. The fourth-order valence-corrected chi connectivity index (χ4v) is 6.12. The SMILES string of the molecule is C=CC(=O)N1CC(Oc2nc(OCC3CCCN3C)nc3c(F)c(-c4ccc(F)c5sc(N)nc45)c(C(F)(F)F)cc23)C1. The zero-order valence-electron chi connectivity index (χ0n) is 22.8. The number of carbonyl (C=O) groups excluding carboxylic acids is 1. The molecule has 2 aliphatic rings. The molecule has 0 radical (unpaired) electrons. The van der Waals surface area contributed by atoms with Crippen LogP contribution in [-0.4, -0.2) is 76.1 Å². The first-order valence-corrected chi connectivity index (χ1v) is 14.1. The molecule has 43 heavy (non-hydrogen) atoms. The van der Waals surface area contributed by atoms with Gasteiger partial charge in [-0.05, 0) is 50.7 Å². The number of amides is 1. The van der Waals surface area contributed by atoms with E-state index >= 15 is 4.39 Å². The van der Waals surface area contributed by atoms with Crippen LogP contribution >= 0.6 is 11.3 Å². The Bertz CT molecular complexity index is 1760. The number of ether oxygens (including phenoxy) is 2. The maximum absolute atomic E-state index is 16.5. The average molecular weight is 621 g/mol. The van der Waals surface area contributed by atoms with E-state index in [-0.39, 0.29) is 69.8 Å². The van der Waals surface area contributed by atoms with Crippen molar-refractivity contribution in [3.8, 4) is 23.0 Å². The molecule has 0 saturated carbocycles. The average Bonchev–Trinajstić information content (AvgIpc) is 3.54. The van der Waals surface area contributed by atoms with Gasteiger partial charge in [0.1, 0.15) is 24.0 Å². The van der Waals surface area contributed by atoms with Crippen LogP contribution in [0.2, 0.25) is 0 Å². The molecule has 1 atom stereocenters. The predicted octanol–water partition coefficient (Wildman–Crippen LogP) is 5.03. The van der Waals surface area contributed by atoms with Crippen LogP contribution in [0, 0.1) is 11.6 Å². The number of carbonyl (C=O) groups is 1. The van der Waals surface area contributed by atoms with Crippen LogP contribution in [0.15, 0.2) is 30.9 Å². The molecular weight excluding hydrogens is 595 g/mol. The summed E-state index contributed by atoms with van der Waals surface area (Å²) in [6, 6.07) is 2.43. The first-order valence-electron chi connectivity index (χ1n) is 13.3. The number of likely N-dealkylation sites (N-methyl/N-ethyl adjacent to an activating group) is 1.